The van der Waals surface area contributed by atoms with Gasteiger partial charge in [0.25, 0.3) is 11.8 Å². The van der Waals surface area contributed by atoms with E-state index < -0.39 is 12.1 Å². The quantitative estimate of drug-likeness (QED) is 0.832. The van der Waals surface area contributed by atoms with Crippen molar-refractivity contribution in [2.45, 2.75) is 12.5 Å². The molecule has 8 nitrogen and oxygen atoms in total. The van der Waals surface area contributed by atoms with E-state index in [0.717, 1.165) is 0 Å². The van der Waals surface area contributed by atoms with Crippen molar-refractivity contribution < 1.29 is 29.0 Å². The number of morpholine rings is 1. The topological polar surface area (TPSA) is 105 Å². The van der Waals surface area contributed by atoms with E-state index >= 15 is 0 Å². The Hall–Kier alpha value is -2.61. The number of fused-ring (bicyclic) bond motifs is 1. The molecule has 8 heteroatoms. The largest absolute Gasteiger partial charge is 0.482 e. The van der Waals surface area contributed by atoms with Crippen LogP contribution in [0.25, 0.3) is 0 Å². The lowest BCUT2D eigenvalue weighted by molar-refractivity contribution is -0.141. The molecule has 1 unspecified atom stereocenters. The zero-order valence-corrected chi connectivity index (χ0v) is 12.3. The molecule has 1 aromatic rings. The summed E-state index contributed by atoms with van der Waals surface area (Å²) in [5.74, 6) is -0.957. The molecule has 0 spiro atoms. The summed E-state index contributed by atoms with van der Waals surface area (Å²) in [6.45, 7) is 0.869. The molecule has 0 saturated carbocycles. The predicted molar refractivity (Wildman–Crippen MR) is 78.5 cm³/mol. The lowest BCUT2D eigenvalue weighted by Crippen LogP contribution is -2.46. The van der Waals surface area contributed by atoms with Crippen LogP contribution in [0.1, 0.15) is 16.8 Å². The molecule has 2 aliphatic rings. The van der Waals surface area contributed by atoms with Gasteiger partial charge < -0.3 is 24.8 Å². The molecule has 0 aromatic heterocycles. The third-order valence-corrected chi connectivity index (χ3v) is 3.69. The first-order valence-corrected chi connectivity index (χ1v) is 7.22. The number of hydrogen-bond acceptors (Lipinski definition) is 5. The fourth-order valence-corrected chi connectivity index (χ4v) is 2.61. The normalized spacial score (nSPS) is 20.3. The van der Waals surface area contributed by atoms with Crippen molar-refractivity contribution in [1.29, 1.82) is 0 Å². The second-order valence-corrected chi connectivity index (χ2v) is 5.39. The maximum Gasteiger partial charge on any atom is 0.306 e. The van der Waals surface area contributed by atoms with E-state index in [2.05, 4.69) is 5.32 Å². The molecular weight excluding hydrogens is 304 g/mol. The van der Waals surface area contributed by atoms with Gasteiger partial charge in [-0.2, -0.15) is 0 Å². The van der Waals surface area contributed by atoms with Crippen LogP contribution in [0.2, 0.25) is 0 Å². The molecule has 1 fully saturated rings. The fourth-order valence-electron chi connectivity index (χ4n) is 2.61. The number of carboxylic acids is 1. The fraction of sp³-hybridized carbons (Fsp3) is 0.400. The second kappa shape index (κ2) is 6.25. The number of nitrogens with zero attached hydrogens (tertiary/aromatic N) is 1. The van der Waals surface area contributed by atoms with Crippen LogP contribution >= 0.6 is 0 Å². The third kappa shape index (κ3) is 3.42. The van der Waals surface area contributed by atoms with Gasteiger partial charge in [-0.1, -0.05) is 0 Å². The van der Waals surface area contributed by atoms with Crippen LogP contribution < -0.4 is 10.1 Å². The van der Waals surface area contributed by atoms with E-state index in [1.165, 1.54) is 0 Å². The van der Waals surface area contributed by atoms with Gasteiger partial charge in [-0.25, -0.2) is 0 Å². The van der Waals surface area contributed by atoms with Crippen molar-refractivity contribution in [1.82, 2.24) is 4.90 Å². The van der Waals surface area contributed by atoms with E-state index in [1.54, 1.807) is 23.1 Å². The molecule has 2 aliphatic heterocycles. The highest BCUT2D eigenvalue weighted by molar-refractivity contribution is 5.99. The Morgan fingerprint density at radius 3 is 3.00 bits per heavy atom. The number of ether oxygens (including phenoxy) is 2. The summed E-state index contributed by atoms with van der Waals surface area (Å²) in [6.07, 6.45) is -0.637. The van der Waals surface area contributed by atoms with Crippen LogP contribution in [-0.4, -0.2) is 60.2 Å². The molecule has 1 atom stereocenters. The van der Waals surface area contributed by atoms with Crippen molar-refractivity contribution in [3.63, 3.8) is 0 Å². The molecule has 0 bridgehead atoms. The Kier molecular flexibility index (Phi) is 4.16. The van der Waals surface area contributed by atoms with Crippen LogP contribution in [0.15, 0.2) is 18.2 Å². The second-order valence-electron chi connectivity index (χ2n) is 5.39. The van der Waals surface area contributed by atoms with Crippen molar-refractivity contribution in [3.05, 3.63) is 23.8 Å². The zero-order valence-electron chi connectivity index (χ0n) is 12.3. The summed E-state index contributed by atoms with van der Waals surface area (Å²) in [5, 5.41) is 11.5. The molecule has 0 radical (unpaired) electrons. The average Bonchev–Trinajstić information content (AvgIpc) is 2.53. The molecule has 3 rings (SSSR count). The predicted octanol–water partition coefficient (Wildman–Crippen LogP) is 0.333. The molecule has 1 aromatic carbocycles. The molecule has 122 valence electrons. The Bertz CT molecular complexity index is 659. The lowest BCUT2D eigenvalue weighted by atomic mass is 10.1. The average molecular weight is 320 g/mol. The number of nitrogens with one attached hydrogen (secondary N) is 1. The molecule has 0 aliphatic carbocycles. The highest BCUT2D eigenvalue weighted by Gasteiger charge is 2.27. The van der Waals surface area contributed by atoms with Crippen LogP contribution in [-0.2, 0) is 14.3 Å². The van der Waals surface area contributed by atoms with Crippen molar-refractivity contribution in [2.75, 3.05) is 31.6 Å². The van der Waals surface area contributed by atoms with Crippen LogP contribution in [0, 0.1) is 0 Å². The van der Waals surface area contributed by atoms with E-state index in [9.17, 15) is 14.4 Å². The van der Waals surface area contributed by atoms with Crippen molar-refractivity contribution in [3.8, 4) is 5.75 Å². The third-order valence-electron chi connectivity index (χ3n) is 3.69. The van der Waals surface area contributed by atoms with Gasteiger partial charge in [-0.15, -0.1) is 0 Å². The summed E-state index contributed by atoms with van der Waals surface area (Å²) >= 11 is 0. The van der Waals surface area contributed by atoms with E-state index in [0.29, 0.717) is 30.2 Å². The molecule has 2 amide bonds. The number of carboxylic acid groups (broad SMARTS) is 1. The first kappa shape index (κ1) is 15.3. The van der Waals surface area contributed by atoms with Crippen LogP contribution in [0.5, 0.6) is 5.75 Å². The maximum absolute atomic E-state index is 12.6. The summed E-state index contributed by atoms with van der Waals surface area (Å²) in [6, 6.07) is 4.81. The van der Waals surface area contributed by atoms with Crippen LogP contribution in [0.4, 0.5) is 5.69 Å². The summed E-state index contributed by atoms with van der Waals surface area (Å²) in [7, 11) is 0. The highest BCUT2D eigenvalue weighted by Crippen LogP contribution is 2.29. The van der Waals surface area contributed by atoms with Crippen molar-refractivity contribution in [2.24, 2.45) is 0 Å². The van der Waals surface area contributed by atoms with Gasteiger partial charge in [0.1, 0.15) is 5.75 Å². The number of hydrogen-bond donors (Lipinski definition) is 2. The van der Waals surface area contributed by atoms with Gasteiger partial charge in [0.15, 0.2) is 6.61 Å². The Labute approximate surface area is 132 Å². The van der Waals surface area contributed by atoms with E-state index in [1.807, 2.05) is 0 Å². The maximum atomic E-state index is 12.6. The number of benzene rings is 1. The Morgan fingerprint density at radius 2 is 2.22 bits per heavy atom. The van der Waals surface area contributed by atoms with Gasteiger partial charge in [0.2, 0.25) is 0 Å². The first-order chi connectivity index (χ1) is 11.0. The van der Waals surface area contributed by atoms with Gasteiger partial charge in [0, 0.05) is 18.7 Å². The summed E-state index contributed by atoms with van der Waals surface area (Å²) in [4.78, 5) is 36.1. The molecule has 2 N–H and O–H groups in total. The van der Waals surface area contributed by atoms with Gasteiger partial charge >= 0.3 is 5.97 Å². The minimum atomic E-state index is -0.956. The Balaban J connectivity index is 1.72. The number of carbonyl (C=O) groups is 3. The molecule has 23 heavy (non-hydrogen) atoms. The molecule has 2 heterocycles. The van der Waals surface area contributed by atoms with Gasteiger partial charge in [-0.3, -0.25) is 14.4 Å². The molecular formula is C15H16N2O6. The Morgan fingerprint density at radius 1 is 1.39 bits per heavy atom. The monoisotopic (exact) mass is 320 g/mol. The summed E-state index contributed by atoms with van der Waals surface area (Å²) in [5.41, 5.74) is 0.958. The van der Waals surface area contributed by atoms with Crippen LogP contribution in [0.3, 0.4) is 0 Å². The zero-order chi connectivity index (χ0) is 16.4. The number of anilines is 1. The number of carbonyl (C=O) groups excluding carboxylic acids is 2. The number of amides is 2. The summed E-state index contributed by atoms with van der Waals surface area (Å²) < 4.78 is 10.7. The standard InChI is InChI=1S/C15H16N2O6/c18-13-8-23-12-5-9(1-2-11(12)16-13)15(21)17-3-4-22-10(7-17)6-14(19)20/h1-2,5,10H,3-4,6-8H2,(H,16,18)(H,19,20). The number of aliphatic carboxylic acids is 1. The SMILES string of the molecule is O=C(O)CC1CN(C(=O)c2ccc3c(c2)OCC(=O)N3)CCO1. The first-order valence-electron chi connectivity index (χ1n) is 7.22. The van der Waals surface area contributed by atoms with Gasteiger partial charge in [-0.05, 0) is 18.2 Å². The van der Waals surface area contributed by atoms with E-state index in [-0.39, 0.29) is 31.4 Å². The smallest absolute Gasteiger partial charge is 0.306 e. The number of rotatable bonds is 3. The molecule has 1 saturated heterocycles. The highest BCUT2D eigenvalue weighted by atomic mass is 16.5. The lowest BCUT2D eigenvalue weighted by Gasteiger charge is -2.32. The van der Waals surface area contributed by atoms with Gasteiger partial charge in [0.05, 0.1) is 24.8 Å². The minimum absolute atomic E-state index is 0.0805. The van der Waals surface area contributed by atoms with E-state index in [4.69, 9.17) is 14.6 Å². The minimum Gasteiger partial charge on any atom is -0.482 e. The van der Waals surface area contributed by atoms with Crippen molar-refractivity contribution >= 4 is 23.5 Å².